The van der Waals surface area contributed by atoms with E-state index >= 15 is 0 Å². The Kier molecular flexibility index (Phi) is 5.80. The molecule has 1 aliphatic carbocycles. The molecule has 0 atom stereocenters. The van der Waals surface area contributed by atoms with Gasteiger partial charge in [-0.25, -0.2) is 4.98 Å². The third kappa shape index (κ3) is 4.07. The predicted octanol–water partition coefficient (Wildman–Crippen LogP) is 4.08. The second-order valence-corrected chi connectivity index (χ2v) is 8.65. The van der Waals surface area contributed by atoms with Crippen molar-refractivity contribution in [3.8, 4) is 11.8 Å². The maximum atomic E-state index is 13.2. The summed E-state index contributed by atoms with van der Waals surface area (Å²) in [5.74, 6) is -0.196. The van der Waals surface area contributed by atoms with Crippen LogP contribution in [-0.2, 0) is 4.79 Å². The number of halogens is 1. The molecule has 0 saturated heterocycles. The van der Waals surface area contributed by atoms with Crippen LogP contribution in [0.15, 0.2) is 58.5 Å². The number of aromatic nitrogens is 2. The zero-order chi connectivity index (χ0) is 21.1. The molecule has 0 radical (unpaired) electrons. The topological polar surface area (TPSA) is 87.8 Å². The molecule has 152 valence electrons. The largest absolute Gasteiger partial charge is 0.337 e. The number of benzene rings is 2. The Labute approximate surface area is 182 Å². The maximum absolute atomic E-state index is 13.2. The summed E-state index contributed by atoms with van der Waals surface area (Å²) in [6.07, 6.45) is 3.20. The number of carbonyl (C=O) groups is 1. The number of amides is 1. The molecular formula is C22H19ClN4O2S. The lowest BCUT2D eigenvalue weighted by molar-refractivity contribution is -0.119. The molecule has 0 unspecified atom stereocenters. The molecule has 3 aromatic rings. The highest BCUT2D eigenvalue weighted by molar-refractivity contribution is 7.99. The fraction of sp³-hybridized carbons (Fsp3) is 0.273. The van der Waals surface area contributed by atoms with Crippen LogP contribution in [0.25, 0.3) is 16.6 Å². The number of carbonyl (C=O) groups excluding carboxylic acids is 1. The van der Waals surface area contributed by atoms with Gasteiger partial charge in [-0.05, 0) is 56.0 Å². The van der Waals surface area contributed by atoms with Crippen molar-refractivity contribution >= 4 is 40.2 Å². The Morgan fingerprint density at radius 3 is 2.73 bits per heavy atom. The number of thioether (sulfide) groups is 1. The number of nitrogens with zero attached hydrogens (tertiary/aromatic N) is 3. The van der Waals surface area contributed by atoms with Gasteiger partial charge in [0, 0.05) is 5.02 Å². The molecule has 1 aliphatic rings. The summed E-state index contributed by atoms with van der Waals surface area (Å²) in [6, 6.07) is 16.3. The number of nitriles is 1. The second-order valence-electron chi connectivity index (χ2n) is 7.27. The molecule has 30 heavy (non-hydrogen) atoms. The minimum absolute atomic E-state index is 0.0504. The van der Waals surface area contributed by atoms with Gasteiger partial charge in [0.1, 0.15) is 5.54 Å². The predicted molar refractivity (Wildman–Crippen MR) is 118 cm³/mol. The van der Waals surface area contributed by atoms with Crippen molar-refractivity contribution in [1.82, 2.24) is 14.9 Å². The van der Waals surface area contributed by atoms with Crippen LogP contribution in [0.4, 0.5) is 0 Å². The Morgan fingerprint density at radius 2 is 2.00 bits per heavy atom. The van der Waals surface area contributed by atoms with Crippen molar-refractivity contribution in [1.29, 1.82) is 5.26 Å². The molecule has 1 amide bonds. The quantitative estimate of drug-likeness (QED) is 0.479. The standard InChI is InChI=1S/C22H19ClN4O2S/c23-15-6-5-7-16(12-15)27-20(29)17-8-1-2-9-18(17)25-21(27)30-13-19(28)26-22(14-24)10-3-4-11-22/h1-2,5-9,12H,3-4,10-11,13H2,(H,26,28). The molecule has 2 aromatic carbocycles. The fourth-order valence-corrected chi connectivity index (χ4v) is 4.73. The van der Waals surface area contributed by atoms with Crippen molar-refractivity contribution < 1.29 is 4.79 Å². The lowest BCUT2D eigenvalue weighted by atomic mass is 10.0. The van der Waals surface area contributed by atoms with Gasteiger partial charge in [-0.3, -0.25) is 14.2 Å². The van der Waals surface area contributed by atoms with Gasteiger partial charge >= 0.3 is 0 Å². The second kappa shape index (κ2) is 8.50. The van der Waals surface area contributed by atoms with Gasteiger partial charge < -0.3 is 5.32 Å². The van der Waals surface area contributed by atoms with Crippen molar-refractivity contribution in [2.45, 2.75) is 36.4 Å². The van der Waals surface area contributed by atoms with Crippen LogP contribution in [0.1, 0.15) is 25.7 Å². The molecule has 0 spiro atoms. The Hall–Kier alpha value is -2.82. The summed E-state index contributed by atoms with van der Waals surface area (Å²) in [5.41, 5.74) is 0.141. The number of para-hydroxylation sites is 1. The number of hydrogen-bond donors (Lipinski definition) is 1. The third-order valence-electron chi connectivity index (χ3n) is 5.19. The van der Waals surface area contributed by atoms with Gasteiger partial charge in [-0.2, -0.15) is 5.26 Å². The van der Waals surface area contributed by atoms with E-state index in [1.54, 1.807) is 42.5 Å². The smallest absolute Gasteiger partial charge is 0.266 e. The van der Waals surface area contributed by atoms with Crippen molar-refractivity contribution in [3.63, 3.8) is 0 Å². The SMILES string of the molecule is N#CC1(NC(=O)CSc2nc3ccccc3c(=O)n2-c2cccc(Cl)c2)CCCC1. The number of fused-ring (bicyclic) bond motifs is 1. The van der Waals surface area contributed by atoms with E-state index in [0.29, 0.717) is 39.6 Å². The van der Waals surface area contributed by atoms with Crippen LogP contribution in [0, 0.1) is 11.3 Å². The fourth-order valence-electron chi connectivity index (χ4n) is 3.73. The summed E-state index contributed by atoms with van der Waals surface area (Å²) in [6.45, 7) is 0. The van der Waals surface area contributed by atoms with Crippen LogP contribution in [-0.4, -0.2) is 26.8 Å². The molecule has 1 aromatic heterocycles. The lowest BCUT2D eigenvalue weighted by Gasteiger charge is -2.22. The summed E-state index contributed by atoms with van der Waals surface area (Å²) in [5, 5.41) is 13.7. The summed E-state index contributed by atoms with van der Waals surface area (Å²) in [4.78, 5) is 30.4. The summed E-state index contributed by atoms with van der Waals surface area (Å²) < 4.78 is 1.47. The lowest BCUT2D eigenvalue weighted by Crippen LogP contribution is -2.45. The first kappa shape index (κ1) is 20.5. The van der Waals surface area contributed by atoms with E-state index in [-0.39, 0.29) is 17.2 Å². The van der Waals surface area contributed by atoms with E-state index in [1.165, 1.54) is 4.57 Å². The number of rotatable bonds is 5. The molecule has 0 aliphatic heterocycles. The Bertz CT molecular complexity index is 1210. The molecular weight excluding hydrogens is 420 g/mol. The minimum atomic E-state index is -0.777. The van der Waals surface area contributed by atoms with Crippen LogP contribution >= 0.6 is 23.4 Å². The van der Waals surface area contributed by atoms with Gasteiger partial charge in [0.2, 0.25) is 5.91 Å². The number of nitrogens with one attached hydrogen (secondary N) is 1. The van der Waals surface area contributed by atoms with E-state index in [4.69, 9.17) is 11.6 Å². The van der Waals surface area contributed by atoms with Gasteiger partial charge in [0.15, 0.2) is 5.16 Å². The van der Waals surface area contributed by atoms with Crippen LogP contribution in [0.5, 0.6) is 0 Å². The van der Waals surface area contributed by atoms with Crippen molar-refractivity contribution in [2.75, 3.05) is 5.75 Å². The normalized spacial score (nSPS) is 15.1. The molecule has 1 fully saturated rings. The summed E-state index contributed by atoms with van der Waals surface area (Å²) in [7, 11) is 0. The first-order chi connectivity index (χ1) is 14.5. The zero-order valence-electron chi connectivity index (χ0n) is 16.1. The van der Waals surface area contributed by atoms with E-state index in [1.807, 2.05) is 6.07 Å². The maximum Gasteiger partial charge on any atom is 0.266 e. The highest BCUT2D eigenvalue weighted by Gasteiger charge is 2.35. The molecule has 1 heterocycles. The first-order valence-electron chi connectivity index (χ1n) is 9.64. The molecule has 0 bridgehead atoms. The van der Waals surface area contributed by atoms with Crippen molar-refractivity contribution in [3.05, 3.63) is 63.9 Å². The average molecular weight is 439 g/mol. The van der Waals surface area contributed by atoms with Crippen LogP contribution < -0.4 is 10.9 Å². The molecule has 1 N–H and O–H groups in total. The zero-order valence-corrected chi connectivity index (χ0v) is 17.7. The van der Waals surface area contributed by atoms with Crippen LogP contribution in [0.2, 0.25) is 5.02 Å². The van der Waals surface area contributed by atoms with E-state index in [9.17, 15) is 14.9 Å². The molecule has 4 rings (SSSR count). The van der Waals surface area contributed by atoms with Gasteiger partial charge in [0.05, 0.1) is 28.4 Å². The Balaban J connectivity index is 1.67. The molecule has 8 heteroatoms. The highest BCUT2D eigenvalue weighted by atomic mass is 35.5. The monoisotopic (exact) mass is 438 g/mol. The molecule has 1 saturated carbocycles. The van der Waals surface area contributed by atoms with E-state index in [0.717, 1.165) is 24.6 Å². The summed E-state index contributed by atoms with van der Waals surface area (Å²) >= 11 is 7.30. The van der Waals surface area contributed by atoms with Gasteiger partial charge in [0.25, 0.3) is 5.56 Å². The Morgan fingerprint density at radius 1 is 1.23 bits per heavy atom. The van der Waals surface area contributed by atoms with E-state index in [2.05, 4.69) is 16.4 Å². The van der Waals surface area contributed by atoms with E-state index < -0.39 is 5.54 Å². The van der Waals surface area contributed by atoms with Crippen LogP contribution in [0.3, 0.4) is 0 Å². The van der Waals surface area contributed by atoms with Crippen molar-refractivity contribution in [2.24, 2.45) is 0 Å². The van der Waals surface area contributed by atoms with Gasteiger partial charge in [-0.15, -0.1) is 0 Å². The average Bonchev–Trinajstić information content (AvgIpc) is 3.21. The minimum Gasteiger partial charge on any atom is -0.337 e. The van der Waals surface area contributed by atoms with Gasteiger partial charge in [-0.1, -0.05) is 41.6 Å². The first-order valence-corrected chi connectivity index (χ1v) is 11.0. The third-order valence-corrected chi connectivity index (χ3v) is 6.37. The molecule has 6 nitrogen and oxygen atoms in total. The number of hydrogen-bond acceptors (Lipinski definition) is 5. The highest BCUT2D eigenvalue weighted by Crippen LogP contribution is 2.29.